The molecule has 2 unspecified atom stereocenters. The molecule has 0 aliphatic rings. The van der Waals surface area contributed by atoms with Crippen LogP contribution in [0.1, 0.15) is 43.6 Å². The Kier molecular flexibility index (Phi) is 4.27. The summed E-state index contributed by atoms with van der Waals surface area (Å²) in [5, 5.41) is 3.81. The maximum atomic E-state index is 11.9. The number of carbonyl (C=O) groups is 1. The molecule has 1 rings (SSSR count). The zero-order valence-corrected chi connectivity index (χ0v) is 11.9. The highest BCUT2D eigenvalue weighted by Crippen LogP contribution is 2.21. The summed E-state index contributed by atoms with van der Waals surface area (Å²) in [6.45, 7) is 9.78. The van der Waals surface area contributed by atoms with Crippen LogP contribution in [0.4, 0.5) is 0 Å². The second kappa shape index (κ2) is 5.14. The highest BCUT2D eigenvalue weighted by molar-refractivity contribution is 7.11. The number of nitrogens with two attached hydrogens (primary N) is 1. The van der Waals surface area contributed by atoms with Crippen molar-refractivity contribution in [1.82, 2.24) is 10.3 Å². The number of nitrogens with one attached hydrogen (secondary N) is 1. The first-order valence-corrected chi connectivity index (χ1v) is 6.51. The molecule has 3 N–H and O–H groups in total. The molecule has 0 aliphatic carbocycles. The Hall–Kier alpha value is -0.940. The number of hydrogen-bond donors (Lipinski definition) is 2. The molecule has 1 aromatic heterocycles. The molecule has 0 saturated heterocycles. The van der Waals surface area contributed by atoms with Crippen molar-refractivity contribution in [1.29, 1.82) is 0 Å². The smallest absolute Gasteiger partial charge is 0.238 e. The van der Waals surface area contributed by atoms with Crippen LogP contribution in [0.25, 0.3) is 0 Å². The third-order valence-corrected chi connectivity index (χ3v) is 3.68. The van der Waals surface area contributed by atoms with E-state index in [1.54, 1.807) is 11.3 Å². The van der Waals surface area contributed by atoms with Gasteiger partial charge < -0.3 is 11.1 Å². The highest BCUT2D eigenvalue weighted by atomic mass is 32.1. The van der Waals surface area contributed by atoms with Crippen LogP contribution < -0.4 is 11.1 Å². The fraction of sp³-hybridized carbons (Fsp3) is 0.667. The van der Waals surface area contributed by atoms with E-state index >= 15 is 0 Å². The first-order valence-electron chi connectivity index (χ1n) is 5.70. The molecular formula is C12H21N3OS. The van der Waals surface area contributed by atoms with Crippen molar-refractivity contribution in [2.45, 2.75) is 46.7 Å². The predicted molar refractivity (Wildman–Crippen MR) is 70.8 cm³/mol. The van der Waals surface area contributed by atoms with Crippen LogP contribution in [0.15, 0.2) is 6.20 Å². The predicted octanol–water partition coefficient (Wildman–Crippen LogP) is 2.00. The van der Waals surface area contributed by atoms with Crippen molar-refractivity contribution >= 4 is 17.2 Å². The third-order valence-electron chi connectivity index (χ3n) is 2.58. The second-order valence-electron chi connectivity index (χ2n) is 5.38. The van der Waals surface area contributed by atoms with E-state index in [9.17, 15) is 4.79 Å². The van der Waals surface area contributed by atoms with Gasteiger partial charge in [0.25, 0.3) is 0 Å². The fourth-order valence-corrected chi connectivity index (χ4v) is 2.11. The molecular weight excluding hydrogens is 234 g/mol. The molecule has 0 fully saturated rings. The van der Waals surface area contributed by atoms with Crippen LogP contribution in [0.3, 0.4) is 0 Å². The molecule has 4 nitrogen and oxygen atoms in total. The first-order chi connectivity index (χ1) is 7.71. The van der Waals surface area contributed by atoms with Crippen molar-refractivity contribution in [3.05, 3.63) is 16.1 Å². The number of hydrogen-bond acceptors (Lipinski definition) is 4. The topological polar surface area (TPSA) is 68.0 Å². The summed E-state index contributed by atoms with van der Waals surface area (Å²) in [4.78, 5) is 17.3. The van der Waals surface area contributed by atoms with E-state index in [4.69, 9.17) is 5.73 Å². The van der Waals surface area contributed by atoms with Crippen molar-refractivity contribution in [3.63, 3.8) is 0 Å². The van der Waals surface area contributed by atoms with Crippen LogP contribution in [0.5, 0.6) is 0 Å². The van der Waals surface area contributed by atoms with E-state index in [1.165, 1.54) is 0 Å². The summed E-state index contributed by atoms with van der Waals surface area (Å²) in [7, 11) is 0. The molecule has 1 heterocycles. The summed E-state index contributed by atoms with van der Waals surface area (Å²) in [6, 6.07) is -0.597. The summed E-state index contributed by atoms with van der Waals surface area (Å²) in [5.74, 6) is -0.127. The van der Waals surface area contributed by atoms with E-state index in [1.807, 2.05) is 40.8 Å². The van der Waals surface area contributed by atoms with Crippen LogP contribution in [-0.4, -0.2) is 16.9 Å². The number of carbonyl (C=O) groups excluding carboxylic acids is 1. The lowest BCUT2D eigenvalue weighted by Gasteiger charge is -2.27. The Morgan fingerprint density at radius 3 is 2.53 bits per heavy atom. The van der Waals surface area contributed by atoms with Gasteiger partial charge in [0.1, 0.15) is 5.01 Å². The van der Waals surface area contributed by atoms with E-state index < -0.39 is 6.04 Å². The number of rotatable bonds is 3. The molecule has 17 heavy (non-hydrogen) atoms. The van der Waals surface area contributed by atoms with Crippen molar-refractivity contribution in [2.75, 3.05) is 0 Å². The van der Waals surface area contributed by atoms with E-state index in [0.717, 1.165) is 9.88 Å². The molecule has 1 aromatic rings. The third kappa shape index (κ3) is 3.78. The lowest BCUT2D eigenvalue weighted by Crippen LogP contribution is -2.49. The van der Waals surface area contributed by atoms with Gasteiger partial charge in [-0.25, -0.2) is 4.98 Å². The molecule has 0 aliphatic heterocycles. The van der Waals surface area contributed by atoms with Gasteiger partial charge in [-0.3, -0.25) is 4.79 Å². The standard InChI is InChI=1S/C12H21N3OS/c1-7-6-14-11(17-7)8(2)15-10(16)9(13)12(3,4)5/h6,8-9H,13H2,1-5H3,(H,15,16). The first kappa shape index (κ1) is 14.1. The largest absolute Gasteiger partial charge is 0.346 e. The number of amides is 1. The van der Waals surface area contributed by atoms with E-state index in [0.29, 0.717) is 0 Å². The van der Waals surface area contributed by atoms with Gasteiger partial charge in [-0.2, -0.15) is 0 Å². The minimum Gasteiger partial charge on any atom is -0.346 e. The number of nitrogens with zero attached hydrogens (tertiary/aromatic N) is 1. The Labute approximate surface area is 107 Å². The van der Waals surface area contributed by atoms with Crippen LogP contribution >= 0.6 is 11.3 Å². The molecule has 5 heteroatoms. The molecule has 1 amide bonds. The Morgan fingerprint density at radius 1 is 1.53 bits per heavy atom. The molecule has 2 atom stereocenters. The zero-order valence-electron chi connectivity index (χ0n) is 11.1. The summed E-state index contributed by atoms with van der Waals surface area (Å²) < 4.78 is 0. The Morgan fingerprint density at radius 2 is 2.12 bits per heavy atom. The van der Waals surface area contributed by atoms with Crippen LogP contribution in [-0.2, 0) is 4.79 Å². The summed E-state index contributed by atoms with van der Waals surface area (Å²) in [6.07, 6.45) is 1.81. The highest BCUT2D eigenvalue weighted by Gasteiger charge is 2.28. The van der Waals surface area contributed by atoms with Crippen molar-refractivity contribution < 1.29 is 4.79 Å². The molecule has 0 bridgehead atoms. The summed E-state index contributed by atoms with van der Waals surface area (Å²) >= 11 is 1.59. The molecule has 0 aromatic carbocycles. The van der Waals surface area contributed by atoms with Crippen molar-refractivity contribution in [3.8, 4) is 0 Å². The zero-order chi connectivity index (χ0) is 13.2. The van der Waals surface area contributed by atoms with Gasteiger partial charge >= 0.3 is 0 Å². The quantitative estimate of drug-likeness (QED) is 0.868. The maximum absolute atomic E-state index is 11.9. The number of aryl methyl sites for hydroxylation is 1. The second-order valence-corrected chi connectivity index (χ2v) is 6.65. The number of aromatic nitrogens is 1. The molecule has 0 spiro atoms. The van der Waals surface area contributed by atoms with E-state index in [2.05, 4.69) is 10.3 Å². The van der Waals surface area contributed by atoms with E-state index in [-0.39, 0.29) is 17.4 Å². The van der Waals surface area contributed by atoms with Crippen molar-refractivity contribution in [2.24, 2.45) is 11.1 Å². The Bertz CT molecular complexity index is 395. The normalized spacial score (nSPS) is 15.4. The fourth-order valence-electron chi connectivity index (χ4n) is 1.33. The SMILES string of the molecule is Cc1cnc(C(C)NC(=O)C(N)C(C)(C)C)s1. The molecule has 0 saturated carbocycles. The lowest BCUT2D eigenvalue weighted by molar-refractivity contribution is -0.125. The molecule has 96 valence electrons. The monoisotopic (exact) mass is 255 g/mol. The lowest BCUT2D eigenvalue weighted by atomic mass is 9.87. The van der Waals surface area contributed by atoms with Crippen LogP contribution in [0.2, 0.25) is 0 Å². The van der Waals surface area contributed by atoms with Gasteiger partial charge in [0.05, 0.1) is 12.1 Å². The van der Waals surface area contributed by atoms with Gasteiger partial charge in [-0.05, 0) is 19.3 Å². The van der Waals surface area contributed by atoms with Gasteiger partial charge in [0.2, 0.25) is 5.91 Å². The van der Waals surface area contributed by atoms with Crippen LogP contribution in [0, 0.1) is 12.3 Å². The average molecular weight is 255 g/mol. The van der Waals surface area contributed by atoms with Gasteiger partial charge in [0, 0.05) is 11.1 Å². The average Bonchev–Trinajstić information content (AvgIpc) is 2.62. The van der Waals surface area contributed by atoms with Gasteiger partial charge in [-0.1, -0.05) is 20.8 Å². The number of thiazole rings is 1. The minimum atomic E-state index is -0.508. The minimum absolute atomic E-state index is 0.0883. The Balaban J connectivity index is 2.63. The van der Waals surface area contributed by atoms with Gasteiger partial charge in [-0.15, -0.1) is 11.3 Å². The molecule has 0 radical (unpaired) electrons. The summed E-state index contributed by atoms with van der Waals surface area (Å²) in [5.41, 5.74) is 5.66. The van der Waals surface area contributed by atoms with Gasteiger partial charge in [0.15, 0.2) is 0 Å². The maximum Gasteiger partial charge on any atom is 0.238 e.